The molecule has 0 aliphatic carbocycles. The summed E-state index contributed by atoms with van der Waals surface area (Å²) < 4.78 is 79.0. The maximum absolute atomic E-state index is 13.7. The first-order chi connectivity index (χ1) is 13.0. The van der Waals surface area contributed by atoms with Gasteiger partial charge in [-0.2, -0.15) is 13.2 Å². The molecule has 0 amide bonds. The van der Waals surface area contributed by atoms with Crippen LogP contribution in [0.15, 0.2) is 12.1 Å². The van der Waals surface area contributed by atoms with E-state index in [2.05, 4.69) is 10.1 Å². The number of hydrogen-bond acceptors (Lipinski definition) is 5. The van der Waals surface area contributed by atoms with E-state index in [1.807, 2.05) is 0 Å². The third-order valence-corrected chi connectivity index (χ3v) is 4.32. The van der Waals surface area contributed by atoms with Crippen LogP contribution < -0.4 is 5.73 Å². The highest BCUT2D eigenvalue weighted by Crippen LogP contribution is 2.27. The van der Waals surface area contributed by atoms with Crippen LogP contribution >= 0.6 is 12.4 Å². The lowest BCUT2D eigenvalue weighted by molar-refractivity contribution is -0.145. The third kappa shape index (κ3) is 5.25. The van der Waals surface area contributed by atoms with Gasteiger partial charge in [0.1, 0.15) is 11.6 Å². The van der Waals surface area contributed by atoms with Crippen molar-refractivity contribution in [2.24, 2.45) is 5.73 Å². The van der Waals surface area contributed by atoms with Crippen molar-refractivity contribution >= 4 is 18.2 Å². The van der Waals surface area contributed by atoms with Gasteiger partial charge in [0, 0.05) is 12.6 Å². The number of ketones is 1. The molecule has 160 valence electrons. The second-order valence-electron chi connectivity index (χ2n) is 6.42. The molecule has 1 unspecified atom stereocenters. The van der Waals surface area contributed by atoms with Gasteiger partial charge in [-0.3, -0.25) is 9.69 Å². The van der Waals surface area contributed by atoms with Gasteiger partial charge < -0.3 is 5.73 Å². The molecule has 0 fully saturated rings. The van der Waals surface area contributed by atoms with Crippen LogP contribution in [-0.4, -0.2) is 44.6 Å². The first-order valence-corrected chi connectivity index (χ1v) is 8.19. The number of carbonyl (C=O) groups is 1. The van der Waals surface area contributed by atoms with Crippen LogP contribution in [0.1, 0.15) is 17.2 Å². The zero-order valence-electron chi connectivity index (χ0n) is 14.7. The van der Waals surface area contributed by atoms with Gasteiger partial charge in [0.05, 0.1) is 25.7 Å². The minimum atomic E-state index is -4.66. The van der Waals surface area contributed by atoms with Gasteiger partial charge in [0.25, 0.3) is 5.82 Å². The largest absolute Gasteiger partial charge is 0.453 e. The van der Waals surface area contributed by atoms with E-state index in [1.165, 1.54) is 4.90 Å². The normalized spacial score (nSPS) is 15.6. The first-order valence-electron chi connectivity index (χ1n) is 8.19. The van der Waals surface area contributed by atoms with E-state index in [4.69, 9.17) is 5.73 Å². The standard InChI is InChI=1S/C16H15F6N5O.ClH/c17-9-5-11(19)10(18)3-8(9)4-12(23)13(28)6-26-1-2-27-14(7-26)24-15(25-27)16(20,21)22;/h3,5,12H,1-2,4,6-7,23H2;1H. The number of benzene rings is 1. The summed E-state index contributed by atoms with van der Waals surface area (Å²) in [7, 11) is 0. The van der Waals surface area contributed by atoms with Crippen LogP contribution in [0, 0.1) is 17.5 Å². The summed E-state index contributed by atoms with van der Waals surface area (Å²) >= 11 is 0. The molecule has 0 radical (unpaired) electrons. The van der Waals surface area contributed by atoms with Crippen molar-refractivity contribution in [1.29, 1.82) is 0 Å². The maximum Gasteiger partial charge on any atom is 0.453 e. The second-order valence-corrected chi connectivity index (χ2v) is 6.42. The molecular formula is C16H16ClF6N5O. The zero-order chi connectivity index (χ0) is 20.6. The van der Waals surface area contributed by atoms with Crippen LogP contribution in [-0.2, 0) is 30.5 Å². The highest BCUT2D eigenvalue weighted by Gasteiger charge is 2.38. The van der Waals surface area contributed by atoms with E-state index in [0.717, 1.165) is 4.68 Å². The SMILES string of the molecule is Cl.NC(Cc1cc(F)c(F)cc1F)C(=O)CN1CCn2nc(C(F)(F)F)nc2C1. The minimum absolute atomic E-state index is 0. The Morgan fingerprint density at radius 3 is 2.45 bits per heavy atom. The average Bonchev–Trinajstić information content (AvgIpc) is 3.03. The summed E-state index contributed by atoms with van der Waals surface area (Å²) in [6, 6.07) is -0.179. The number of carbonyl (C=O) groups excluding carboxylic acids is 1. The zero-order valence-corrected chi connectivity index (χ0v) is 15.5. The van der Waals surface area contributed by atoms with Crippen molar-refractivity contribution in [3.63, 3.8) is 0 Å². The fourth-order valence-electron chi connectivity index (χ4n) is 2.85. The Hall–Kier alpha value is -2.18. The Bertz CT molecular complexity index is 903. The summed E-state index contributed by atoms with van der Waals surface area (Å²) in [6.07, 6.45) is -5.01. The molecule has 2 aromatic rings. The van der Waals surface area contributed by atoms with Gasteiger partial charge in [-0.15, -0.1) is 17.5 Å². The van der Waals surface area contributed by atoms with Gasteiger partial charge in [0.2, 0.25) is 0 Å². The van der Waals surface area contributed by atoms with E-state index >= 15 is 0 Å². The van der Waals surface area contributed by atoms with Crippen molar-refractivity contribution in [3.8, 4) is 0 Å². The molecule has 1 aliphatic heterocycles. The number of rotatable bonds is 5. The Balaban J connectivity index is 0.00000300. The van der Waals surface area contributed by atoms with E-state index in [1.54, 1.807) is 0 Å². The number of halogens is 7. The number of aromatic nitrogens is 3. The molecule has 1 atom stereocenters. The molecule has 1 aromatic heterocycles. The van der Waals surface area contributed by atoms with E-state index in [9.17, 15) is 31.1 Å². The van der Waals surface area contributed by atoms with Crippen LogP contribution in [0.3, 0.4) is 0 Å². The van der Waals surface area contributed by atoms with Crippen LogP contribution in [0.25, 0.3) is 0 Å². The fourth-order valence-corrected chi connectivity index (χ4v) is 2.85. The molecule has 0 bridgehead atoms. The van der Waals surface area contributed by atoms with E-state index in [-0.39, 0.29) is 56.4 Å². The number of nitrogens with two attached hydrogens (primary N) is 1. The molecule has 1 aromatic carbocycles. The quantitative estimate of drug-likeness (QED) is 0.565. The molecular weight excluding hydrogens is 428 g/mol. The molecule has 0 saturated carbocycles. The molecule has 2 heterocycles. The predicted molar refractivity (Wildman–Crippen MR) is 90.6 cm³/mol. The second kappa shape index (κ2) is 8.67. The van der Waals surface area contributed by atoms with Gasteiger partial charge in [-0.1, -0.05) is 0 Å². The number of fused-ring (bicyclic) bond motifs is 1. The average molecular weight is 444 g/mol. The van der Waals surface area contributed by atoms with E-state index < -0.39 is 41.3 Å². The van der Waals surface area contributed by atoms with E-state index in [0.29, 0.717) is 12.1 Å². The van der Waals surface area contributed by atoms with Gasteiger partial charge in [-0.05, 0) is 18.1 Å². The highest BCUT2D eigenvalue weighted by molar-refractivity contribution is 5.86. The molecule has 2 N–H and O–H groups in total. The van der Waals surface area contributed by atoms with Crippen molar-refractivity contribution in [1.82, 2.24) is 19.7 Å². The molecule has 0 saturated heterocycles. The van der Waals surface area contributed by atoms with Crippen LogP contribution in [0.5, 0.6) is 0 Å². The first kappa shape index (κ1) is 23.1. The van der Waals surface area contributed by atoms with Crippen molar-refractivity contribution in [3.05, 3.63) is 46.8 Å². The summed E-state index contributed by atoms with van der Waals surface area (Å²) in [4.78, 5) is 17.2. The van der Waals surface area contributed by atoms with Crippen LogP contribution in [0.2, 0.25) is 0 Å². The summed E-state index contributed by atoms with van der Waals surface area (Å²) in [5.74, 6) is -5.34. The lowest BCUT2D eigenvalue weighted by Crippen LogP contribution is -2.44. The molecule has 6 nitrogen and oxygen atoms in total. The van der Waals surface area contributed by atoms with Gasteiger partial charge in [-0.25, -0.2) is 22.8 Å². The molecule has 0 spiro atoms. The molecule has 29 heavy (non-hydrogen) atoms. The lowest BCUT2D eigenvalue weighted by atomic mass is 10.0. The number of nitrogens with zero attached hydrogens (tertiary/aromatic N) is 4. The Labute approximate surface area is 167 Å². The topological polar surface area (TPSA) is 77.0 Å². The van der Waals surface area contributed by atoms with Crippen LogP contribution in [0.4, 0.5) is 26.3 Å². The fraction of sp³-hybridized carbons (Fsp3) is 0.438. The number of alkyl halides is 3. The molecule has 1 aliphatic rings. The summed E-state index contributed by atoms with van der Waals surface area (Å²) in [5.41, 5.74) is 5.50. The smallest absolute Gasteiger partial charge is 0.321 e. The highest BCUT2D eigenvalue weighted by atomic mass is 35.5. The maximum atomic E-state index is 13.7. The Morgan fingerprint density at radius 1 is 1.14 bits per heavy atom. The van der Waals surface area contributed by atoms with Crippen molar-refractivity contribution < 1.29 is 31.1 Å². The van der Waals surface area contributed by atoms with Crippen molar-refractivity contribution in [2.45, 2.75) is 31.7 Å². The summed E-state index contributed by atoms with van der Waals surface area (Å²) in [6.45, 7) is 0.103. The number of hydrogen-bond donors (Lipinski definition) is 1. The third-order valence-electron chi connectivity index (χ3n) is 4.32. The predicted octanol–water partition coefficient (Wildman–Crippen LogP) is 2.09. The Morgan fingerprint density at radius 2 is 1.79 bits per heavy atom. The van der Waals surface area contributed by atoms with Gasteiger partial charge in [0.15, 0.2) is 17.4 Å². The minimum Gasteiger partial charge on any atom is -0.321 e. The monoisotopic (exact) mass is 443 g/mol. The Kier molecular flexibility index (Phi) is 6.91. The number of Topliss-reactive ketones (excluding diaryl/α,β-unsaturated/α-hetero) is 1. The molecule has 3 rings (SSSR count). The lowest BCUT2D eigenvalue weighted by Gasteiger charge is -2.26. The van der Waals surface area contributed by atoms with Crippen molar-refractivity contribution in [2.75, 3.05) is 13.1 Å². The van der Waals surface area contributed by atoms with Gasteiger partial charge >= 0.3 is 6.18 Å². The summed E-state index contributed by atoms with van der Waals surface area (Å²) in [5, 5.41) is 3.39. The molecule has 13 heteroatoms.